The molecule has 0 amide bonds. The number of rotatable bonds is 11. The van der Waals surface area contributed by atoms with Crippen LogP contribution in [0.4, 0.5) is 17.2 Å². The Bertz CT molecular complexity index is 1430. The van der Waals surface area contributed by atoms with Gasteiger partial charge in [0, 0.05) is 48.9 Å². The summed E-state index contributed by atoms with van der Waals surface area (Å²) in [5.41, 5.74) is 2.46. The minimum atomic E-state index is -3.74. The number of halogens is 1. The number of nitrogens with zero attached hydrogens (tertiary/aromatic N) is 4. The second-order valence-corrected chi connectivity index (χ2v) is 13.0. The molecule has 1 aromatic heterocycles. The van der Waals surface area contributed by atoms with Crippen molar-refractivity contribution in [3.05, 3.63) is 65.1 Å². The van der Waals surface area contributed by atoms with E-state index in [2.05, 4.69) is 62.1 Å². The van der Waals surface area contributed by atoms with Gasteiger partial charge in [0.25, 0.3) is 0 Å². The molecule has 0 unspecified atom stereocenters. The van der Waals surface area contributed by atoms with E-state index in [1.54, 1.807) is 38.1 Å². The Balaban J connectivity index is 1.60. The van der Waals surface area contributed by atoms with Gasteiger partial charge in [-0.25, -0.2) is 23.1 Å². The minimum Gasteiger partial charge on any atom is -0.491 e. The van der Waals surface area contributed by atoms with E-state index in [4.69, 9.17) is 16.3 Å². The second kappa shape index (κ2) is 12.7. The highest BCUT2D eigenvalue weighted by atomic mass is 35.5. The molecule has 11 heteroatoms. The number of nitrogens with one attached hydrogen (secondary N) is 2. The normalized spacial score (nSPS) is 15.8. The molecule has 9 nitrogen and oxygen atoms in total. The van der Waals surface area contributed by atoms with Gasteiger partial charge in [0.2, 0.25) is 10.0 Å². The Labute approximate surface area is 243 Å². The van der Waals surface area contributed by atoms with Gasteiger partial charge >= 0.3 is 0 Å². The number of anilines is 3. The molecule has 216 valence electrons. The van der Waals surface area contributed by atoms with E-state index in [1.807, 2.05) is 13.8 Å². The summed E-state index contributed by atoms with van der Waals surface area (Å²) < 4.78 is 34.7. The van der Waals surface area contributed by atoms with Gasteiger partial charge in [-0.15, -0.1) is 0 Å². The number of sulfonamides is 1. The highest BCUT2D eigenvalue weighted by Crippen LogP contribution is 2.32. The Hall–Kier alpha value is -2.92. The highest BCUT2D eigenvalue weighted by Gasteiger charge is 2.25. The van der Waals surface area contributed by atoms with Crippen LogP contribution in [0, 0.1) is 0 Å². The van der Waals surface area contributed by atoms with Crippen LogP contribution >= 0.6 is 11.6 Å². The first kappa shape index (κ1) is 30.0. The number of hydrogen-bond acceptors (Lipinski definition) is 8. The zero-order chi connectivity index (χ0) is 29.0. The van der Waals surface area contributed by atoms with Gasteiger partial charge in [-0.05, 0) is 66.4 Å². The zero-order valence-corrected chi connectivity index (χ0v) is 25.6. The maximum absolute atomic E-state index is 12.9. The summed E-state index contributed by atoms with van der Waals surface area (Å²) in [5.74, 6) is 1.65. The van der Waals surface area contributed by atoms with E-state index < -0.39 is 10.0 Å². The number of para-hydroxylation sites is 1. The Morgan fingerprint density at radius 1 is 1.15 bits per heavy atom. The lowest BCUT2D eigenvalue weighted by atomic mass is 10.1. The molecule has 2 heterocycles. The fourth-order valence-electron chi connectivity index (χ4n) is 4.70. The second-order valence-electron chi connectivity index (χ2n) is 10.9. The highest BCUT2D eigenvalue weighted by molar-refractivity contribution is 7.89. The molecule has 0 spiro atoms. The summed E-state index contributed by atoms with van der Waals surface area (Å²) >= 11 is 6.44. The van der Waals surface area contributed by atoms with Gasteiger partial charge in [0.1, 0.15) is 21.5 Å². The van der Waals surface area contributed by atoms with Crippen molar-refractivity contribution in [2.45, 2.75) is 63.6 Å². The molecule has 1 aliphatic rings. The number of likely N-dealkylation sites (N-methyl/N-ethyl adjacent to an activating group) is 1. The minimum absolute atomic E-state index is 0.00312. The van der Waals surface area contributed by atoms with Crippen LogP contribution < -0.4 is 19.7 Å². The largest absolute Gasteiger partial charge is 0.491 e. The number of aromatic nitrogens is 2. The van der Waals surface area contributed by atoms with Crippen LogP contribution in [-0.4, -0.2) is 68.7 Å². The molecule has 2 N–H and O–H groups in total. The van der Waals surface area contributed by atoms with Crippen molar-refractivity contribution in [1.29, 1.82) is 0 Å². The molecule has 1 atom stereocenters. The van der Waals surface area contributed by atoms with Crippen molar-refractivity contribution in [2.24, 2.45) is 0 Å². The molecule has 0 aliphatic carbocycles. The molecule has 40 heavy (non-hydrogen) atoms. The summed E-state index contributed by atoms with van der Waals surface area (Å²) in [6, 6.07) is 13.2. The first-order chi connectivity index (χ1) is 18.9. The summed E-state index contributed by atoms with van der Waals surface area (Å²) in [7, 11) is 0.509. The van der Waals surface area contributed by atoms with Gasteiger partial charge in [-0.1, -0.05) is 29.8 Å². The maximum atomic E-state index is 12.9. The third-order valence-electron chi connectivity index (χ3n) is 6.64. The Morgan fingerprint density at radius 2 is 1.90 bits per heavy atom. The van der Waals surface area contributed by atoms with Crippen molar-refractivity contribution in [3.63, 3.8) is 0 Å². The van der Waals surface area contributed by atoms with Crippen LogP contribution in [0.2, 0.25) is 5.02 Å². The molecule has 1 aliphatic heterocycles. The molecular formula is C29H39ClN6O3S. The molecule has 2 aromatic carbocycles. The average molecular weight is 587 g/mol. The monoisotopic (exact) mass is 586 g/mol. The van der Waals surface area contributed by atoms with E-state index in [0.29, 0.717) is 29.8 Å². The van der Waals surface area contributed by atoms with Crippen LogP contribution in [0.1, 0.15) is 45.5 Å². The maximum Gasteiger partial charge on any atom is 0.242 e. The predicted octanol–water partition coefficient (Wildman–Crippen LogP) is 5.08. The summed E-state index contributed by atoms with van der Waals surface area (Å²) in [5, 5.41) is 3.39. The number of hydrogen-bond donors (Lipinski definition) is 2. The van der Waals surface area contributed by atoms with E-state index in [-0.39, 0.29) is 22.1 Å². The Kier molecular flexibility index (Phi) is 9.56. The van der Waals surface area contributed by atoms with Crippen molar-refractivity contribution in [1.82, 2.24) is 19.6 Å². The lowest BCUT2D eigenvalue weighted by Gasteiger charge is -2.23. The Morgan fingerprint density at radius 3 is 2.58 bits per heavy atom. The summed E-state index contributed by atoms with van der Waals surface area (Å²) in [4.78, 5) is 13.9. The standard InChI is InChI=1S/C29H39ClN6O3S/c1-19(2)34-40(37,38)27-10-8-7-9-25(27)32-29-24(30)17-31-28(33-29)15-21-11-12-22(16-26(21)39-20(3)4)36-14-13-23(18-36)35(5)6/h7-12,16-17,19-20,23,34H,13-15,18H2,1-6H3,(H,31,32,33)/t23-/m0/s1. The molecule has 0 saturated carbocycles. The van der Waals surface area contributed by atoms with Crippen LogP contribution in [0.25, 0.3) is 0 Å². The number of benzene rings is 2. The zero-order valence-electron chi connectivity index (χ0n) is 24.0. The molecular weight excluding hydrogens is 548 g/mol. The molecule has 0 bridgehead atoms. The molecule has 4 rings (SSSR count). The average Bonchev–Trinajstić information content (AvgIpc) is 3.37. The molecule has 3 aromatic rings. The van der Waals surface area contributed by atoms with Gasteiger partial charge in [-0.3, -0.25) is 0 Å². The number of ether oxygens (including phenoxy) is 1. The molecule has 1 saturated heterocycles. The van der Waals surface area contributed by atoms with E-state index in [9.17, 15) is 8.42 Å². The first-order valence-corrected chi connectivity index (χ1v) is 15.4. The molecule has 1 fully saturated rings. The van der Waals surface area contributed by atoms with Crippen molar-refractivity contribution < 1.29 is 13.2 Å². The fraction of sp³-hybridized carbons (Fsp3) is 0.448. The van der Waals surface area contributed by atoms with Crippen LogP contribution in [0.3, 0.4) is 0 Å². The van der Waals surface area contributed by atoms with Gasteiger partial charge in [0.15, 0.2) is 5.82 Å². The third kappa shape index (κ3) is 7.42. The lowest BCUT2D eigenvalue weighted by molar-refractivity contribution is 0.240. The van der Waals surface area contributed by atoms with Gasteiger partial charge in [0.05, 0.1) is 18.0 Å². The molecule has 0 radical (unpaired) electrons. The van der Waals surface area contributed by atoms with Crippen molar-refractivity contribution >= 4 is 38.8 Å². The van der Waals surface area contributed by atoms with Gasteiger partial charge < -0.3 is 19.9 Å². The smallest absolute Gasteiger partial charge is 0.242 e. The first-order valence-electron chi connectivity index (χ1n) is 13.5. The predicted molar refractivity (Wildman–Crippen MR) is 162 cm³/mol. The van der Waals surface area contributed by atoms with E-state index >= 15 is 0 Å². The SMILES string of the molecule is CC(C)NS(=O)(=O)c1ccccc1Nc1nc(Cc2ccc(N3CC[C@H](N(C)C)C3)cc2OC(C)C)ncc1Cl. The lowest BCUT2D eigenvalue weighted by Crippen LogP contribution is -2.31. The van der Waals surface area contributed by atoms with Crippen molar-refractivity contribution in [2.75, 3.05) is 37.4 Å². The van der Waals surface area contributed by atoms with Crippen molar-refractivity contribution in [3.8, 4) is 5.75 Å². The van der Waals surface area contributed by atoms with E-state index in [1.165, 1.54) is 6.20 Å². The summed E-state index contributed by atoms with van der Waals surface area (Å²) in [6.07, 6.45) is 3.08. The van der Waals surface area contributed by atoms with Crippen LogP contribution in [-0.2, 0) is 16.4 Å². The topological polar surface area (TPSA) is 99.7 Å². The third-order valence-corrected chi connectivity index (χ3v) is 8.63. The van der Waals surface area contributed by atoms with Gasteiger partial charge in [-0.2, -0.15) is 0 Å². The quantitative estimate of drug-likeness (QED) is 0.321. The fourth-order valence-corrected chi connectivity index (χ4v) is 6.25. The summed E-state index contributed by atoms with van der Waals surface area (Å²) in [6.45, 7) is 9.55. The van der Waals surface area contributed by atoms with Crippen LogP contribution in [0.5, 0.6) is 5.75 Å². The van der Waals surface area contributed by atoms with E-state index in [0.717, 1.165) is 36.5 Å². The van der Waals surface area contributed by atoms with Crippen LogP contribution in [0.15, 0.2) is 53.6 Å².